The first-order valence-corrected chi connectivity index (χ1v) is 7.07. The van der Waals surface area contributed by atoms with E-state index >= 15 is 0 Å². The van der Waals surface area contributed by atoms with Crippen molar-refractivity contribution in [3.05, 3.63) is 59.6 Å². The summed E-state index contributed by atoms with van der Waals surface area (Å²) in [5.74, 6) is 1.41. The fraction of sp³-hybridized carbons (Fsp3) is 0.118. The molecule has 116 valence electrons. The second-order valence-corrected chi connectivity index (χ2v) is 4.97. The van der Waals surface area contributed by atoms with Crippen molar-refractivity contribution in [2.24, 2.45) is 0 Å². The van der Waals surface area contributed by atoms with E-state index in [2.05, 4.69) is 15.5 Å². The van der Waals surface area contributed by atoms with E-state index in [1.54, 1.807) is 6.08 Å². The minimum absolute atomic E-state index is 0.0426. The molecule has 6 nitrogen and oxygen atoms in total. The van der Waals surface area contributed by atoms with Crippen LogP contribution in [0.15, 0.2) is 51.3 Å². The third kappa shape index (κ3) is 3.55. The van der Waals surface area contributed by atoms with Crippen LogP contribution in [0.1, 0.15) is 17.1 Å². The van der Waals surface area contributed by atoms with Gasteiger partial charge in [0.15, 0.2) is 0 Å². The van der Waals surface area contributed by atoms with Gasteiger partial charge >= 0.3 is 6.01 Å². The molecule has 0 aliphatic carbocycles. The summed E-state index contributed by atoms with van der Waals surface area (Å²) in [5, 5.41) is 10.3. The minimum Gasteiger partial charge on any atom is -0.466 e. The third-order valence-electron chi connectivity index (χ3n) is 3.15. The largest absolute Gasteiger partial charge is 0.466 e. The summed E-state index contributed by atoms with van der Waals surface area (Å²) in [5.41, 5.74) is 1.65. The van der Waals surface area contributed by atoms with Crippen molar-refractivity contribution in [1.29, 1.82) is 0 Å². The van der Waals surface area contributed by atoms with Gasteiger partial charge in [-0.1, -0.05) is 35.4 Å². The quantitative estimate of drug-likeness (QED) is 0.745. The van der Waals surface area contributed by atoms with Gasteiger partial charge in [-0.05, 0) is 31.6 Å². The predicted octanol–water partition coefficient (Wildman–Crippen LogP) is 3.60. The lowest BCUT2D eigenvalue weighted by Gasteiger charge is -1.95. The van der Waals surface area contributed by atoms with E-state index in [0.29, 0.717) is 11.7 Å². The SMILES string of the molecule is Cc1cc(-c2nnc(NC(=O)C=Cc3ccccc3)o2)c(C)o1. The van der Waals surface area contributed by atoms with Crippen molar-refractivity contribution in [2.45, 2.75) is 13.8 Å². The van der Waals surface area contributed by atoms with Gasteiger partial charge in [0.1, 0.15) is 11.5 Å². The molecule has 1 amide bonds. The summed E-state index contributed by atoms with van der Waals surface area (Å²) in [6, 6.07) is 11.4. The van der Waals surface area contributed by atoms with Gasteiger partial charge in [0.25, 0.3) is 11.8 Å². The fourth-order valence-corrected chi connectivity index (χ4v) is 2.11. The van der Waals surface area contributed by atoms with Crippen LogP contribution in [-0.4, -0.2) is 16.1 Å². The molecule has 0 fully saturated rings. The Labute approximate surface area is 132 Å². The topological polar surface area (TPSA) is 81.2 Å². The van der Waals surface area contributed by atoms with Crippen LogP contribution in [-0.2, 0) is 4.79 Å². The fourth-order valence-electron chi connectivity index (χ4n) is 2.11. The molecule has 0 saturated carbocycles. The Morgan fingerprint density at radius 3 is 2.61 bits per heavy atom. The molecule has 0 radical (unpaired) electrons. The Hall–Kier alpha value is -3.15. The molecule has 23 heavy (non-hydrogen) atoms. The standard InChI is InChI=1S/C17H15N3O3/c1-11-10-14(12(2)22-11)16-19-20-17(23-16)18-15(21)9-8-13-6-4-3-5-7-13/h3-10H,1-2H3,(H,18,20,21). The van der Waals surface area contributed by atoms with Crippen LogP contribution in [0.4, 0.5) is 6.01 Å². The second-order valence-electron chi connectivity index (χ2n) is 4.97. The molecule has 3 rings (SSSR count). The van der Waals surface area contributed by atoms with Gasteiger partial charge in [-0.3, -0.25) is 10.1 Å². The molecule has 1 aromatic carbocycles. The Bertz CT molecular complexity index is 847. The van der Waals surface area contributed by atoms with Gasteiger partial charge in [0.2, 0.25) is 0 Å². The zero-order chi connectivity index (χ0) is 16.2. The number of furan rings is 1. The number of anilines is 1. The molecule has 0 atom stereocenters. The molecule has 2 heterocycles. The molecule has 0 aliphatic heterocycles. The number of nitrogens with one attached hydrogen (secondary N) is 1. The van der Waals surface area contributed by atoms with Crippen LogP contribution in [0.3, 0.4) is 0 Å². The lowest BCUT2D eigenvalue weighted by molar-refractivity contribution is -0.112. The van der Waals surface area contributed by atoms with E-state index in [0.717, 1.165) is 16.9 Å². The number of carbonyl (C=O) groups is 1. The molecule has 0 saturated heterocycles. The van der Waals surface area contributed by atoms with E-state index in [1.807, 2.05) is 50.2 Å². The van der Waals surface area contributed by atoms with E-state index in [4.69, 9.17) is 8.83 Å². The molecule has 0 spiro atoms. The highest BCUT2D eigenvalue weighted by Crippen LogP contribution is 2.26. The van der Waals surface area contributed by atoms with E-state index in [9.17, 15) is 4.79 Å². The number of aryl methyl sites for hydroxylation is 2. The number of amides is 1. The van der Waals surface area contributed by atoms with Gasteiger partial charge in [0.05, 0.1) is 5.56 Å². The summed E-state index contributed by atoms with van der Waals surface area (Å²) in [6.45, 7) is 3.65. The molecule has 1 N–H and O–H groups in total. The molecular formula is C17H15N3O3. The zero-order valence-corrected chi connectivity index (χ0v) is 12.7. The lowest BCUT2D eigenvalue weighted by atomic mass is 10.2. The van der Waals surface area contributed by atoms with Crippen molar-refractivity contribution >= 4 is 18.0 Å². The molecule has 2 aromatic heterocycles. The zero-order valence-electron chi connectivity index (χ0n) is 12.7. The van der Waals surface area contributed by atoms with Crippen LogP contribution >= 0.6 is 0 Å². The highest BCUT2D eigenvalue weighted by Gasteiger charge is 2.15. The van der Waals surface area contributed by atoms with Crippen molar-refractivity contribution in [3.8, 4) is 11.5 Å². The molecule has 6 heteroatoms. The van der Waals surface area contributed by atoms with Gasteiger partial charge in [-0.2, -0.15) is 0 Å². The van der Waals surface area contributed by atoms with Crippen molar-refractivity contribution in [3.63, 3.8) is 0 Å². The first kappa shape index (κ1) is 14.8. The predicted molar refractivity (Wildman–Crippen MR) is 85.6 cm³/mol. The van der Waals surface area contributed by atoms with Gasteiger partial charge in [0, 0.05) is 6.08 Å². The Morgan fingerprint density at radius 1 is 1.13 bits per heavy atom. The van der Waals surface area contributed by atoms with Gasteiger partial charge in [-0.25, -0.2) is 0 Å². The molecule has 0 unspecified atom stereocenters. The van der Waals surface area contributed by atoms with Crippen molar-refractivity contribution < 1.29 is 13.6 Å². The number of aromatic nitrogens is 2. The van der Waals surface area contributed by atoms with Crippen LogP contribution in [0.25, 0.3) is 17.5 Å². The maximum atomic E-state index is 11.9. The Kier molecular flexibility index (Phi) is 4.05. The second kappa shape index (κ2) is 6.31. The summed E-state index contributed by atoms with van der Waals surface area (Å²) >= 11 is 0. The van der Waals surface area contributed by atoms with E-state index in [1.165, 1.54) is 6.08 Å². The van der Waals surface area contributed by atoms with Crippen LogP contribution in [0.2, 0.25) is 0 Å². The summed E-state index contributed by atoms with van der Waals surface area (Å²) < 4.78 is 10.9. The number of carbonyl (C=O) groups excluding carboxylic acids is 1. The van der Waals surface area contributed by atoms with Gasteiger partial charge in [-0.15, -0.1) is 5.10 Å². The third-order valence-corrected chi connectivity index (χ3v) is 3.15. The number of benzene rings is 1. The van der Waals surface area contributed by atoms with Crippen LogP contribution < -0.4 is 5.32 Å². The smallest absolute Gasteiger partial charge is 0.322 e. The summed E-state index contributed by atoms with van der Waals surface area (Å²) in [4.78, 5) is 11.9. The first-order valence-electron chi connectivity index (χ1n) is 7.07. The van der Waals surface area contributed by atoms with Gasteiger partial charge < -0.3 is 8.83 Å². The lowest BCUT2D eigenvalue weighted by Crippen LogP contribution is -2.07. The normalized spacial score (nSPS) is 11.0. The average Bonchev–Trinajstić information content (AvgIpc) is 3.12. The summed E-state index contributed by atoms with van der Waals surface area (Å²) in [7, 11) is 0. The Morgan fingerprint density at radius 2 is 1.91 bits per heavy atom. The number of hydrogen-bond donors (Lipinski definition) is 1. The molecular weight excluding hydrogens is 294 g/mol. The van der Waals surface area contributed by atoms with Crippen LogP contribution in [0, 0.1) is 13.8 Å². The number of rotatable bonds is 4. The Balaban J connectivity index is 1.68. The van der Waals surface area contributed by atoms with E-state index < -0.39 is 0 Å². The van der Waals surface area contributed by atoms with Crippen molar-refractivity contribution in [1.82, 2.24) is 10.2 Å². The average molecular weight is 309 g/mol. The molecule has 0 bridgehead atoms. The highest BCUT2D eigenvalue weighted by molar-refractivity contribution is 6.00. The van der Waals surface area contributed by atoms with Crippen molar-refractivity contribution in [2.75, 3.05) is 5.32 Å². The van der Waals surface area contributed by atoms with Crippen LogP contribution in [0.5, 0.6) is 0 Å². The monoisotopic (exact) mass is 309 g/mol. The maximum absolute atomic E-state index is 11.9. The summed E-state index contributed by atoms with van der Waals surface area (Å²) in [6.07, 6.45) is 3.11. The van der Waals surface area contributed by atoms with E-state index in [-0.39, 0.29) is 11.9 Å². The molecule has 0 aliphatic rings. The minimum atomic E-state index is -0.343. The number of nitrogens with zero attached hydrogens (tertiary/aromatic N) is 2. The maximum Gasteiger partial charge on any atom is 0.322 e. The molecule has 3 aromatic rings. The first-order chi connectivity index (χ1) is 11.1. The highest BCUT2D eigenvalue weighted by atomic mass is 16.4. The number of hydrogen-bond acceptors (Lipinski definition) is 5.